The predicted molar refractivity (Wildman–Crippen MR) is 74.4 cm³/mol. The van der Waals surface area contributed by atoms with Crippen LogP contribution in [0.4, 0.5) is 0 Å². The number of ether oxygens (including phenoxy) is 1. The predicted octanol–water partition coefficient (Wildman–Crippen LogP) is 0.486. The SMILES string of the molecule is COc1cccc(CC(=O)N[C@H]2C[C@H](CO)[C@@H](O)C2)c1. The van der Waals surface area contributed by atoms with Crippen LogP contribution in [0.5, 0.6) is 5.75 Å². The van der Waals surface area contributed by atoms with Crippen LogP contribution in [-0.2, 0) is 11.2 Å². The van der Waals surface area contributed by atoms with E-state index in [0.717, 1.165) is 11.3 Å². The van der Waals surface area contributed by atoms with Crippen LogP contribution in [0.15, 0.2) is 24.3 Å². The number of rotatable bonds is 5. The Morgan fingerprint density at radius 1 is 1.45 bits per heavy atom. The number of amides is 1. The van der Waals surface area contributed by atoms with Crippen molar-refractivity contribution in [3.05, 3.63) is 29.8 Å². The number of aliphatic hydroxyl groups is 2. The molecule has 0 aromatic heterocycles. The summed E-state index contributed by atoms with van der Waals surface area (Å²) in [5, 5.41) is 21.7. The van der Waals surface area contributed by atoms with E-state index in [0.29, 0.717) is 12.8 Å². The molecule has 110 valence electrons. The van der Waals surface area contributed by atoms with Gasteiger partial charge in [0.2, 0.25) is 5.91 Å². The molecule has 0 bridgehead atoms. The Kier molecular flexibility index (Phi) is 4.98. The first-order valence-electron chi connectivity index (χ1n) is 6.83. The maximum absolute atomic E-state index is 12.0. The molecule has 1 aromatic rings. The van der Waals surface area contributed by atoms with Gasteiger partial charge in [-0.2, -0.15) is 0 Å². The van der Waals surface area contributed by atoms with Crippen LogP contribution in [0.3, 0.4) is 0 Å². The van der Waals surface area contributed by atoms with Gasteiger partial charge in [0.05, 0.1) is 19.6 Å². The zero-order chi connectivity index (χ0) is 14.5. The van der Waals surface area contributed by atoms with E-state index in [1.807, 2.05) is 24.3 Å². The first kappa shape index (κ1) is 14.8. The number of carbonyl (C=O) groups is 1. The Balaban J connectivity index is 1.86. The van der Waals surface area contributed by atoms with Crippen LogP contribution in [0.1, 0.15) is 18.4 Å². The minimum atomic E-state index is -0.526. The molecule has 0 radical (unpaired) electrons. The Bertz CT molecular complexity index is 463. The molecule has 1 aliphatic carbocycles. The molecule has 3 N–H and O–H groups in total. The molecule has 1 saturated carbocycles. The van der Waals surface area contributed by atoms with Gasteiger partial charge in [0, 0.05) is 18.6 Å². The van der Waals surface area contributed by atoms with Crippen molar-refractivity contribution in [2.45, 2.75) is 31.4 Å². The van der Waals surface area contributed by atoms with E-state index in [2.05, 4.69) is 5.32 Å². The average molecular weight is 279 g/mol. The normalized spacial score (nSPS) is 25.4. The van der Waals surface area contributed by atoms with Crippen molar-refractivity contribution in [3.63, 3.8) is 0 Å². The summed E-state index contributed by atoms with van der Waals surface area (Å²) in [5.74, 6) is 0.526. The average Bonchev–Trinajstić information content (AvgIpc) is 2.78. The lowest BCUT2D eigenvalue weighted by atomic mass is 10.1. The number of carbonyl (C=O) groups excluding carboxylic acids is 1. The molecule has 1 fully saturated rings. The van der Waals surface area contributed by atoms with Crippen molar-refractivity contribution >= 4 is 5.91 Å². The first-order valence-corrected chi connectivity index (χ1v) is 6.83. The Morgan fingerprint density at radius 2 is 2.25 bits per heavy atom. The third kappa shape index (κ3) is 3.71. The first-order chi connectivity index (χ1) is 9.62. The fraction of sp³-hybridized carbons (Fsp3) is 0.533. The molecule has 0 heterocycles. The molecule has 0 saturated heterocycles. The lowest BCUT2D eigenvalue weighted by Crippen LogP contribution is -2.34. The molecule has 3 atom stereocenters. The monoisotopic (exact) mass is 279 g/mol. The summed E-state index contributed by atoms with van der Waals surface area (Å²) in [5.41, 5.74) is 0.888. The van der Waals surface area contributed by atoms with Gasteiger partial charge in [0.25, 0.3) is 0 Å². The maximum Gasteiger partial charge on any atom is 0.224 e. The number of benzene rings is 1. The largest absolute Gasteiger partial charge is 0.497 e. The van der Waals surface area contributed by atoms with E-state index < -0.39 is 6.10 Å². The summed E-state index contributed by atoms with van der Waals surface area (Å²) in [7, 11) is 1.59. The quantitative estimate of drug-likeness (QED) is 0.733. The van der Waals surface area contributed by atoms with Crippen molar-refractivity contribution in [2.24, 2.45) is 5.92 Å². The summed E-state index contributed by atoms with van der Waals surface area (Å²) < 4.78 is 5.12. The molecule has 1 aliphatic rings. The van der Waals surface area contributed by atoms with Crippen LogP contribution in [-0.4, -0.2) is 42.0 Å². The highest BCUT2D eigenvalue weighted by atomic mass is 16.5. The fourth-order valence-electron chi connectivity index (χ4n) is 2.66. The standard InChI is InChI=1S/C15H21NO4/c1-20-13-4-2-3-10(5-13)6-15(19)16-12-7-11(9-17)14(18)8-12/h2-5,11-12,14,17-18H,6-9H2,1H3,(H,16,19)/t11-,12+,14+/m1/s1. The molecule has 20 heavy (non-hydrogen) atoms. The lowest BCUT2D eigenvalue weighted by Gasteiger charge is -2.12. The second kappa shape index (κ2) is 6.72. The van der Waals surface area contributed by atoms with Gasteiger partial charge in [0.15, 0.2) is 0 Å². The zero-order valence-electron chi connectivity index (χ0n) is 11.6. The van der Waals surface area contributed by atoms with Crippen molar-refractivity contribution < 1.29 is 19.7 Å². The molecule has 1 aromatic carbocycles. The number of methoxy groups -OCH3 is 1. The maximum atomic E-state index is 12.0. The van der Waals surface area contributed by atoms with Gasteiger partial charge >= 0.3 is 0 Å². The van der Waals surface area contributed by atoms with E-state index >= 15 is 0 Å². The van der Waals surface area contributed by atoms with Gasteiger partial charge in [-0.05, 0) is 30.5 Å². The van der Waals surface area contributed by atoms with Crippen molar-refractivity contribution in [1.82, 2.24) is 5.32 Å². The second-order valence-electron chi connectivity index (χ2n) is 5.27. The summed E-state index contributed by atoms with van der Waals surface area (Å²) in [4.78, 5) is 12.0. The highest BCUT2D eigenvalue weighted by Crippen LogP contribution is 2.25. The van der Waals surface area contributed by atoms with Crippen LogP contribution < -0.4 is 10.1 Å². The smallest absolute Gasteiger partial charge is 0.224 e. The number of aliphatic hydroxyl groups excluding tert-OH is 2. The molecular formula is C15H21NO4. The molecule has 0 unspecified atom stereocenters. The number of nitrogens with one attached hydrogen (secondary N) is 1. The summed E-state index contributed by atoms with van der Waals surface area (Å²) in [6, 6.07) is 7.34. The van der Waals surface area contributed by atoms with Gasteiger partial charge in [-0.1, -0.05) is 12.1 Å². The highest BCUT2D eigenvalue weighted by molar-refractivity contribution is 5.79. The number of hydrogen-bond acceptors (Lipinski definition) is 4. The van der Waals surface area contributed by atoms with Gasteiger partial charge in [-0.3, -0.25) is 4.79 Å². The fourth-order valence-corrected chi connectivity index (χ4v) is 2.66. The van der Waals surface area contributed by atoms with E-state index in [-0.39, 0.29) is 30.9 Å². The molecule has 5 heteroatoms. The van der Waals surface area contributed by atoms with Crippen molar-refractivity contribution in [1.29, 1.82) is 0 Å². The summed E-state index contributed by atoms with van der Waals surface area (Å²) in [6.45, 7) is -0.0383. The molecule has 0 aliphatic heterocycles. The van der Waals surface area contributed by atoms with E-state index in [9.17, 15) is 9.90 Å². The summed E-state index contributed by atoms with van der Waals surface area (Å²) in [6.07, 6.45) is 0.895. The molecule has 5 nitrogen and oxygen atoms in total. The lowest BCUT2D eigenvalue weighted by molar-refractivity contribution is -0.121. The highest BCUT2D eigenvalue weighted by Gasteiger charge is 2.33. The minimum Gasteiger partial charge on any atom is -0.497 e. The minimum absolute atomic E-state index is 0.0383. The molecule has 2 rings (SSSR count). The topological polar surface area (TPSA) is 78.8 Å². The van der Waals surface area contributed by atoms with E-state index in [1.165, 1.54) is 0 Å². The van der Waals surface area contributed by atoms with E-state index in [4.69, 9.17) is 9.84 Å². The Morgan fingerprint density at radius 3 is 2.90 bits per heavy atom. The third-order valence-electron chi connectivity index (χ3n) is 3.76. The third-order valence-corrected chi connectivity index (χ3v) is 3.76. The van der Waals surface area contributed by atoms with Crippen LogP contribution >= 0.6 is 0 Å². The molecule has 0 spiro atoms. The van der Waals surface area contributed by atoms with Gasteiger partial charge in [-0.25, -0.2) is 0 Å². The van der Waals surface area contributed by atoms with Crippen molar-refractivity contribution in [2.75, 3.05) is 13.7 Å². The molecule has 1 amide bonds. The van der Waals surface area contributed by atoms with E-state index in [1.54, 1.807) is 7.11 Å². The Labute approximate surface area is 118 Å². The van der Waals surface area contributed by atoms with Crippen molar-refractivity contribution in [3.8, 4) is 5.75 Å². The summed E-state index contributed by atoms with van der Waals surface area (Å²) >= 11 is 0. The van der Waals surface area contributed by atoms with Crippen LogP contribution in [0.2, 0.25) is 0 Å². The zero-order valence-corrected chi connectivity index (χ0v) is 11.6. The molecular weight excluding hydrogens is 258 g/mol. The van der Waals surface area contributed by atoms with Gasteiger partial charge in [0.1, 0.15) is 5.75 Å². The second-order valence-corrected chi connectivity index (χ2v) is 5.27. The van der Waals surface area contributed by atoms with Gasteiger partial charge < -0.3 is 20.3 Å². The van der Waals surface area contributed by atoms with Crippen LogP contribution in [0.25, 0.3) is 0 Å². The Hall–Kier alpha value is -1.59. The van der Waals surface area contributed by atoms with Gasteiger partial charge in [-0.15, -0.1) is 0 Å². The van der Waals surface area contributed by atoms with Crippen LogP contribution in [0, 0.1) is 5.92 Å². The number of hydrogen-bond donors (Lipinski definition) is 3.